The van der Waals surface area contributed by atoms with Gasteiger partial charge in [-0.25, -0.2) is 4.39 Å². The first-order chi connectivity index (χ1) is 9.60. The molecule has 0 radical (unpaired) electrons. The van der Waals surface area contributed by atoms with E-state index in [1.165, 1.54) is 23.9 Å². The Morgan fingerprint density at radius 1 is 1.20 bits per heavy atom. The lowest BCUT2D eigenvalue weighted by Crippen LogP contribution is -2.17. The third-order valence-corrected chi connectivity index (χ3v) is 4.29. The van der Waals surface area contributed by atoms with Gasteiger partial charge in [-0.1, -0.05) is 42.4 Å². The summed E-state index contributed by atoms with van der Waals surface area (Å²) in [6, 6.07) is 12.8. The van der Waals surface area contributed by atoms with Crippen LogP contribution in [-0.4, -0.2) is 6.54 Å². The fourth-order valence-electron chi connectivity index (χ4n) is 2.01. The quantitative estimate of drug-likeness (QED) is 0.804. The molecule has 0 aliphatic carbocycles. The summed E-state index contributed by atoms with van der Waals surface area (Å²) < 4.78 is 13.2. The molecule has 106 valence electrons. The Balaban J connectivity index is 2.17. The molecule has 0 aromatic heterocycles. The van der Waals surface area contributed by atoms with Crippen molar-refractivity contribution < 1.29 is 4.39 Å². The molecule has 0 fully saturated rings. The summed E-state index contributed by atoms with van der Waals surface area (Å²) in [4.78, 5) is 1.88. The minimum absolute atomic E-state index is 0.223. The molecule has 1 nitrogen and oxygen atoms in total. The highest BCUT2D eigenvalue weighted by Crippen LogP contribution is 2.32. The zero-order chi connectivity index (χ0) is 14.5. The van der Waals surface area contributed by atoms with E-state index in [0.29, 0.717) is 0 Å². The van der Waals surface area contributed by atoms with Gasteiger partial charge in [0.25, 0.3) is 0 Å². The monoisotopic (exact) mass is 309 g/mol. The van der Waals surface area contributed by atoms with Crippen LogP contribution < -0.4 is 5.32 Å². The molecule has 2 rings (SSSR count). The van der Waals surface area contributed by atoms with Gasteiger partial charge in [0.1, 0.15) is 5.82 Å². The molecule has 1 unspecified atom stereocenters. The third kappa shape index (κ3) is 3.98. The van der Waals surface area contributed by atoms with Crippen LogP contribution in [0.25, 0.3) is 0 Å². The van der Waals surface area contributed by atoms with Crippen LogP contribution in [0.5, 0.6) is 0 Å². The van der Waals surface area contributed by atoms with E-state index in [9.17, 15) is 4.39 Å². The fourth-order valence-corrected chi connectivity index (χ4v) is 3.32. The SMILES string of the molecule is CCNC(C)c1ccc(Sc2cccc(F)c2)cc1Cl. The molecule has 0 amide bonds. The molecule has 0 saturated heterocycles. The maximum atomic E-state index is 13.2. The van der Waals surface area contributed by atoms with E-state index in [1.807, 2.05) is 24.3 Å². The summed E-state index contributed by atoms with van der Waals surface area (Å²) in [6.07, 6.45) is 0. The standard InChI is InChI=1S/C16H17ClFNS/c1-3-19-11(2)15-8-7-14(10-16(15)17)20-13-6-4-5-12(18)9-13/h4-11,19H,3H2,1-2H3. The molecular formula is C16H17ClFNS. The third-order valence-electron chi connectivity index (χ3n) is 2.98. The topological polar surface area (TPSA) is 12.0 Å². The Morgan fingerprint density at radius 3 is 2.60 bits per heavy atom. The lowest BCUT2D eigenvalue weighted by molar-refractivity contribution is 0.598. The zero-order valence-corrected chi connectivity index (χ0v) is 13.1. The second kappa shape index (κ2) is 7.11. The van der Waals surface area contributed by atoms with Gasteiger partial charge in [0, 0.05) is 20.9 Å². The van der Waals surface area contributed by atoms with Crippen molar-refractivity contribution in [3.8, 4) is 0 Å². The smallest absolute Gasteiger partial charge is 0.124 e. The van der Waals surface area contributed by atoms with Crippen molar-refractivity contribution in [3.05, 3.63) is 58.9 Å². The molecule has 0 heterocycles. The first-order valence-corrected chi connectivity index (χ1v) is 7.76. The largest absolute Gasteiger partial charge is 0.310 e. The Kier molecular flexibility index (Phi) is 5.46. The van der Waals surface area contributed by atoms with E-state index in [4.69, 9.17) is 11.6 Å². The average Bonchev–Trinajstić information content (AvgIpc) is 2.39. The highest BCUT2D eigenvalue weighted by molar-refractivity contribution is 7.99. The predicted octanol–water partition coefficient (Wildman–Crippen LogP) is 5.30. The first-order valence-electron chi connectivity index (χ1n) is 6.56. The molecule has 0 aliphatic rings. The summed E-state index contributed by atoms with van der Waals surface area (Å²) >= 11 is 7.83. The summed E-state index contributed by atoms with van der Waals surface area (Å²) in [5.74, 6) is -0.224. The minimum atomic E-state index is -0.224. The highest BCUT2D eigenvalue weighted by atomic mass is 35.5. The predicted molar refractivity (Wildman–Crippen MR) is 84.1 cm³/mol. The van der Waals surface area contributed by atoms with Crippen molar-refractivity contribution >= 4 is 23.4 Å². The lowest BCUT2D eigenvalue weighted by atomic mass is 10.1. The van der Waals surface area contributed by atoms with Gasteiger partial charge < -0.3 is 5.32 Å². The number of halogens is 2. The second-order valence-electron chi connectivity index (χ2n) is 4.52. The van der Waals surface area contributed by atoms with Crippen LogP contribution in [0.1, 0.15) is 25.5 Å². The molecule has 0 aliphatic heterocycles. The van der Waals surface area contributed by atoms with E-state index in [0.717, 1.165) is 26.9 Å². The maximum Gasteiger partial charge on any atom is 0.124 e. The Labute approximate surface area is 128 Å². The van der Waals surface area contributed by atoms with Crippen molar-refractivity contribution in [3.63, 3.8) is 0 Å². The van der Waals surface area contributed by atoms with Crippen LogP contribution in [0, 0.1) is 5.82 Å². The molecule has 1 atom stereocenters. The number of nitrogens with one attached hydrogen (secondary N) is 1. The van der Waals surface area contributed by atoms with Crippen LogP contribution in [0.4, 0.5) is 4.39 Å². The Hall–Kier alpha value is -1.03. The summed E-state index contributed by atoms with van der Waals surface area (Å²) in [6.45, 7) is 5.06. The number of hydrogen-bond donors (Lipinski definition) is 1. The summed E-state index contributed by atoms with van der Waals surface area (Å²) in [5.41, 5.74) is 1.08. The van der Waals surface area contributed by atoms with E-state index >= 15 is 0 Å². The fraction of sp³-hybridized carbons (Fsp3) is 0.250. The number of hydrogen-bond acceptors (Lipinski definition) is 2. The van der Waals surface area contributed by atoms with Crippen LogP contribution >= 0.6 is 23.4 Å². The summed E-state index contributed by atoms with van der Waals surface area (Å²) in [5, 5.41) is 4.07. The van der Waals surface area contributed by atoms with Crippen LogP contribution in [-0.2, 0) is 0 Å². The highest BCUT2D eigenvalue weighted by Gasteiger charge is 2.09. The van der Waals surface area contributed by atoms with Gasteiger partial charge in [-0.05, 0) is 49.4 Å². The van der Waals surface area contributed by atoms with Gasteiger partial charge in [0.2, 0.25) is 0 Å². The van der Waals surface area contributed by atoms with Crippen molar-refractivity contribution in [1.29, 1.82) is 0 Å². The van der Waals surface area contributed by atoms with Crippen molar-refractivity contribution in [2.45, 2.75) is 29.7 Å². The van der Waals surface area contributed by atoms with Crippen molar-refractivity contribution in [2.24, 2.45) is 0 Å². The van der Waals surface area contributed by atoms with Gasteiger partial charge >= 0.3 is 0 Å². The molecule has 0 bridgehead atoms. The molecule has 1 N–H and O–H groups in total. The van der Waals surface area contributed by atoms with E-state index in [2.05, 4.69) is 19.2 Å². The average molecular weight is 310 g/mol. The van der Waals surface area contributed by atoms with Crippen LogP contribution in [0.3, 0.4) is 0 Å². The van der Waals surface area contributed by atoms with Gasteiger partial charge in [-0.15, -0.1) is 0 Å². The Bertz CT molecular complexity index is 588. The maximum absolute atomic E-state index is 13.2. The molecule has 4 heteroatoms. The minimum Gasteiger partial charge on any atom is -0.310 e. The number of rotatable bonds is 5. The lowest BCUT2D eigenvalue weighted by Gasteiger charge is -2.15. The zero-order valence-electron chi connectivity index (χ0n) is 11.5. The molecule has 20 heavy (non-hydrogen) atoms. The van der Waals surface area contributed by atoms with E-state index < -0.39 is 0 Å². The number of benzene rings is 2. The normalized spacial score (nSPS) is 12.4. The van der Waals surface area contributed by atoms with Gasteiger partial charge in [-0.2, -0.15) is 0 Å². The van der Waals surface area contributed by atoms with Gasteiger partial charge in [0.15, 0.2) is 0 Å². The second-order valence-corrected chi connectivity index (χ2v) is 6.08. The van der Waals surface area contributed by atoms with Gasteiger partial charge in [-0.3, -0.25) is 0 Å². The first kappa shape index (κ1) is 15.4. The summed E-state index contributed by atoms with van der Waals surface area (Å²) in [7, 11) is 0. The molecule has 2 aromatic rings. The van der Waals surface area contributed by atoms with Crippen molar-refractivity contribution in [1.82, 2.24) is 5.32 Å². The van der Waals surface area contributed by atoms with Crippen molar-refractivity contribution in [2.75, 3.05) is 6.54 Å². The molecule has 0 spiro atoms. The van der Waals surface area contributed by atoms with E-state index in [-0.39, 0.29) is 11.9 Å². The van der Waals surface area contributed by atoms with E-state index in [1.54, 1.807) is 6.07 Å². The van der Waals surface area contributed by atoms with Crippen LogP contribution in [0.15, 0.2) is 52.3 Å². The Morgan fingerprint density at radius 2 is 1.95 bits per heavy atom. The molecule has 2 aromatic carbocycles. The molecule has 0 saturated carbocycles. The van der Waals surface area contributed by atoms with Crippen LogP contribution in [0.2, 0.25) is 5.02 Å². The molecular weight excluding hydrogens is 293 g/mol. The van der Waals surface area contributed by atoms with Gasteiger partial charge in [0.05, 0.1) is 0 Å².